The number of anilines is 1. The molecule has 0 bridgehead atoms. The summed E-state index contributed by atoms with van der Waals surface area (Å²) in [6.45, 7) is 2.43. The lowest BCUT2D eigenvalue weighted by Gasteiger charge is -2.40. The van der Waals surface area contributed by atoms with Gasteiger partial charge in [-0.2, -0.15) is 39.5 Å². The van der Waals surface area contributed by atoms with Gasteiger partial charge in [-0.25, -0.2) is 0 Å². The van der Waals surface area contributed by atoms with Gasteiger partial charge in [-0.1, -0.05) is 26.0 Å². The highest BCUT2D eigenvalue weighted by Gasteiger charge is 2.73. The Morgan fingerprint density at radius 3 is 1.85 bits per heavy atom. The predicted molar refractivity (Wildman–Crippen MR) is 77.5 cm³/mol. The lowest BCUT2D eigenvalue weighted by Crippen LogP contribution is -2.72. The maximum atomic E-state index is 13.4. The van der Waals surface area contributed by atoms with Gasteiger partial charge in [-0.15, -0.1) is 0 Å². The largest absolute Gasteiger partial charge is 0.439 e. The number of nitrogens with one attached hydrogen (secondary N) is 2. The van der Waals surface area contributed by atoms with Crippen LogP contribution >= 0.6 is 0 Å². The van der Waals surface area contributed by atoms with Crippen LogP contribution in [0.1, 0.15) is 25.8 Å². The fourth-order valence-electron chi connectivity index (χ4n) is 2.01. The molecular formula is C15H15F9N2O. The summed E-state index contributed by atoms with van der Waals surface area (Å²) in [7, 11) is 0. The Morgan fingerprint density at radius 2 is 1.44 bits per heavy atom. The Balaban J connectivity index is 3.59. The van der Waals surface area contributed by atoms with E-state index in [-0.39, 0.29) is 6.42 Å². The minimum Gasteiger partial charge on any atom is -0.347 e. The van der Waals surface area contributed by atoms with Crippen LogP contribution in [0.2, 0.25) is 0 Å². The zero-order chi connectivity index (χ0) is 21.3. The van der Waals surface area contributed by atoms with E-state index >= 15 is 0 Å². The summed E-state index contributed by atoms with van der Waals surface area (Å²) in [4.78, 5) is 11.8. The van der Waals surface area contributed by atoms with Gasteiger partial charge in [-0.05, 0) is 18.6 Å². The third kappa shape index (κ3) is 4.78. The molecule has 0 aliphatic heterocycles. The van der Waals surface area contributed by atoms with Crippen LogP contribution in [0.15, 0.2) is 24.3 Å². The molecule has 0 spiro atoms. The highest BCUT2D eigenvalue weighted by molar-refractivity contribution is 5.80. The first-order valence-electron chi connectivity index (χ1n) is 7.46. The number of para-hydroxylation sites is 1. The molecule has 3 nitrogen and oxygen atoms in total. The van der Waals surface area contributed by atoms with E-state index in [1.807, 2.05) is 0 Å². The molecule has 0 saturated carbocycles. The minimum atomic E-state index is -6.20. The quantitative estimate of drug-likeness (QED) is 0.524. The number of hydrogen-bond donors (Lipinski definition) is 2. The maximum Gasteiger partial charge on any atom is 0.439 e. The summed E-state index contributed by atoms with van der Waals surface area (Å²) in [5.74, 6) is -2.86. The van der Waals surface area contributed by atoms with Gasteiger partial charge in [0.2, 0.25) is 5.91 Å². The summed E-state index contributed by atoms with van der Waals surface area (Å²) in [5, 5.41) is 1.68. The number of rotatable bonds is 5. The smallest absolute Gasteiger partial charge is 0.347 e. The molecule has 0 aliphatic carbocycles. The third-order valence-electron chi connectivity index (χ3n) is 3.78. The van der Waals surface area contributed by atoms with Gasteiger partial charge >= 0.3 is 24.2 Å². The van der Waals surface area contributed by atoms with Crippen molar-refractivity contribution in [2.75, 3.05) is 5.32 Å². The molecule has 0 aromatic heterocycles. The normalized spacial score (nSPS) is 14.6. The topological polar surface area (TPSA) is 41.1 Å². The van der Waals surface area contributed by atoms with Gasteiger partial charge in [-0.3, -0.25) is 4.79 Å². The Kier molecular flexibility index (Phi) is 6.33. The van der Waals surface area contributed by atoms with Crippen molar-refractivity contribution in [3.8, 4) is 0 Å². The van der Waals surface area contributed by atoms with E-state index in [0.29, 0.717) is 12.1 Å². The number of benzene rings is 1. The van der Waals surface area contributed by atoms with E-state index in [9.17, 15) is 44.3 Å². The lowest BCUT2D eigenvalue weighted by molar-refractivity contribution is -0.296. The van der Waals surface area contributed by atoms with Gasteiger partial charge in [0.25, 0.3) is 0 Å². The zero-order valence-electron chi connectivity index (χ0n) is 13.9. The fourth-order valence-corrected chi connectivity index (χ4v) is 2.01. The van der Waals surface area contributed by atoms with Crippen molar-refractivity contribution in [3.05, 3.63) is 29.8 Å². The van der Waals surface area contributed by atoms with Crippen LogP contribution < -0.4 is 10.6 Å². The number of alkyl halides is 9. The van der Waals surface area contributed by atoms with Crippen molar-refractivity contribution in [1.82, 2.24) is 5.32 Å². The third-order valence-corrected chi connectivity index (χ3v) is 3.78. The molecule has 154 valence electrons. The van der Waals surface area contributed by atoms with Crippen molar-refractivity contribution >= 4 is 11.6 Å². The Labute approximate surface area is 147 Å². The van der Waals surface area contributed by atoms with E-state index in [1.54, 1.807) is 0 Å². The molecule has 0 fully saturated rings. The minimum absolute atomic E-state index is 0.0865. The molecular weight excluding hydrogens is 395 g/mol. The average Bonchev–Trinajstić information content (AvgIpc) is 2.50. The summed E-state index contributed by atoms with van der Waals surface area (Å²) in [5.41, 5.74) is -8.34. The first kappa shape index (κ1) is 22.9. The highest BCUT2D eigenvalue weighted by Crippen LogP contribution is 2.45. The van der Waals surface area contributed by atoms with Crippen molar-refractivity contribution in [1.29, 1.82) is 0 Å². The number of carbonyl (C=O) groups excluding carboxylic acids is 1. The van der Waals surface area contributed by atoms with Crippen LogP contribution in [0.4, 0.5) is 45.2 Å². The zero-order valence-corrected chi connectivity index (χ0v) is 13.9. The second-order valence-electron chi connectivity index (χ2n) is 5.71. The predicted octanol–water partition coefficient (Wildman–Crippen LogP) is 5.10. The van der Waals surface area contributed by atoms with E-state index in [4.69, 9.17) is 0 Å². The van der Waals surface area contributed by atoms with E-state index in [1.165, 1.54) is 6.92 Å². The number of amides is 1. The summed E-state index contributed by atoms with van der Waals surface area (Å²) in [6.07, 6.45) is -17.7. The molecule has 1 rings (SSSR count). The van der Waals surface area contributed by atoms with Crippen LogP contribution in [-0.4, -0.2) is 23.9 Å². The van der Waals surface area contributed by atoms with E-state index < -0.39 is 47.3 Å². The molecule has 12 heteroatoms. The van der Waals surface area contributed by atoms with Gasteiger partial charge in [0.15, 0.2) is 0 Å². The van der Waals surface area contributed by atoms with Gasteiger partial charge in [0, 0.05) is 11.6 Å². The van der Waals surface area contributed by atoms with Crippen LogP contribution in [0.3, 0.4) is 0 Å². The fraction of sp³-hybridized carbons (Fsp3) is 0.533. The first-order chi connectivity index (χ1) is 12.1. The molecule has 1 atom stereocenters. The number of carbonyl (C=O) groups is 1. The molecule has 1 aromatic rings. The standard InChI is InChI=1S/C15H15F9N2O/c1-3-8(2)11(27)26-13(14(19,20)21,15(22,23)24)25-10-7-5-4-6-9(10)12(16,17)18/h4-8,25H,3H2,1-2H3,(H,26,27)/t8-/m0/s1. The van der Waals surface area contributed by atoms with Crippen molar-refractivity contribution in [2.45, 2.75) is 44.5 Å². The van der Waals surface area contributed by atoms with Crippen molar-refractivity contribution < 1.29 is 44.3 Å². The van der Waals surface area contributed by atoms with Crippen LogP contribution in [0.25, 0.3) is 0 Å². The Hall–Kier alpha value is -2.14. The SMILES string of the molecule is CC[C@H](C)C(=O)NC(Nc1ccccc1C(F)(F)F)(C(F)(F)F)C(F)(F)F. The molecule has 0 saturated heterocycles. The number of hydrogen-bond acceptors (Lipinski definition) is 2. The molecule has 0 aliphatic rings. The molecule has 2 N–H and O–H groups in total. The lowest BCUT2D eigenvalue weighted by atomic mass is 10.0. The average molecular weight is 410 g/mol. The maximum absolute atomic E-state index is 13.4. The van der Waals surface area contributed by atoms with Crippen LogP contribution in [0, 0.1) is 5.92 Å². The second kappa shape index (κ2) is 7.47. The van der Waals surface area contributed by atoms with Crippen molar-refractivity contribution in [2.24, 2.45) is 5.92 Å². The van der Waals surface area contributed by atoms with Gasteiger partial charge in [0.05, 0.1) is 5.56 Å². The summed E-state index contributed by atoms with van der Waals surface area (Å²) >= 11 is 0. The van der Waals surface area contributed by atoms with Gasteiger partial charge in [0.1, 0.15) is 0 Å². The molecule has 27 heavy (non-hydrogen) atoms. The molecule has 0 radical (unpaired) electrons. The van der Waals surface area contributed by atoms with Gasteiger partial charge < -0.3 is 10.6 Å². The summed E-state index contributed by atoms with van der Waals surface area (Å²) in [6, 6.07) is 2.35. The molecule has 1 aromatic carbocycles. The summed E-state index contributed by atoms with van der Waals surface area (Å²) < 4.78 is 120. The number of halogens is 9. The Morgan fingerprint density at radius 1 is 0.963 bits per heavy atom. The second-order valence-corrected chi connectivity index (χ2v) is 5.71. The first-order valence-corrected chi connectivity index (χ1v) is 7.46. The van der Waals surface area contributed by atoms with E-state index in [0.717, 1.165) is 29.7 Å². The highest BCUT2D eigenvalue weighted by atomic mass is 19.4. The van der Waals surface area contributed by atoms with E-state index in [2.05, 4.69) is 0 Å². The van der Waals surface area contributed by atoms with Crippen LogP contribution in [0.5, 0.6) is 0 Å². The molecule has 1 amide bonds. The molecule has 0 unspecified atom stereocenters. The Bertz CT molecular complexity index is 650. The molecule has 0 heterocycles. The monoisotopic (exact) mass is 410 g/mol. The van der Waals surface area contributed by atoms with Crippen molar-refractivity contribution in [3.63, 3.8) is 0 Å². The van der Waals surface area contributed by atoms with Crippen LogP contribution in [-0.2, 0) is 11.0 Å².